The molecule has 2 aromatic rings. The van der Waals surface area contributed by atoms with E-state index in [2.05, 4.69) is 10.6 Å². The van der Waals surface area contributed by atoms with E-state index in [0.717, 1.165) is 0 Å². The normalized spacial score (nSPS) is 13.3. The summed E-state index contributed by atoms with van der Waals surface area (Å²) in [6, 6.07) is 8.28. The van der Waals surface area contributed by atoms with Gasteiger partial charge in [0.05, 0.1) is 12.1 Å². The minimum atomic E-state index is -0.991. The quantitative estimate of drug-likeness (QED) is 0.807. The molecule has 23 heavy (non-hydrogen) atoms. The van der Waals surface area contributed by atoms with Gasteiger partial charge in [-0.25, -0.2) is 13.6 Å². The van der Waals surface area contributed by atoms with Crippen molar-refractivity contribution in [2.75, 3.05) is 5.32 Å². The molecule has 2 rings (SSSR count). The standard InChI is InChI=1S/C17H18F2N2O2/c1-10-3-6-14(19)9-15(10)21-17(23)20-11(2)16(22)12-4-7-13(18)8-5-12/h3-9,11,16,22H,1-2H3,(H2,20,21,23). The summed E-state index contributed by atoms with van der Waals surface area (Å²) in [7, 11) is 0. The lowest BCUT2D eigenvalue weighted by Crippen LogP contribution is -2.39. The van der Waals surface area contributed by atoms with E-state index in [9.17, 15) is 18.7 Å². The zero-order valence-electron chi connectivity index (χ0n) is 12.8. The Morgan fingerprint density at radius 3 is 2.35 bits per heavy atom. The van der Waals surface area contributed by atoms with Crippen LogP contribution >= 0.6 is 0 Å². The number of aliphatic hydroxyl groups excluding tert-OH is 1. The van der Waals surface area contributed by atoms with Crippen molar-refractivity contribution in [3.05, 3.63) is 65.2 Å². The zero-order valence-corrected chi connectivity index (χ0v) is 12.8. The van der Waals surface area contributed by atoms with Crippen LogP contribution in [-0.2, 0) is 0 Å². The first-order chi connectivity index (χ1) is 10.9. The molecule has 0 saturated carbocycles. The van der Waals surface area contributed by atoms with Crippen LogP contribution in [0.3, 0.4) is 0 Å². The minimum absolute atomic E-state index is 0.353. The van der Waals surface area contributed by atoms with Crippen molar-refractivity contribution in [1.82, 2.24) is 5.32 Å². The summed E-state index contributed by atoms with van der Waals surface area (Å²) >= 11 is 0. The predicted molar refractivity (Wildman–Crippen MR) is 84.1 cm³/mol. The highest BCUT2D eigenvalue weighted by molar-refractivity contribution is 5.90. The van der Waals surface area contributed by atoms with Gasteiger partial charge in [-0.05, 0) is 49.2 Å². The second-order valence-electron chi connectivity index (χ2n) is 5.34. The topological polar surface area (TPSA) is 61.4 Å². The van der Waals surface area contributed by atoms with Crippen molar-refractivity contribution in [3.8, 4) is 0 Å². The Morgan fingerprint density at radius 2 is 1.70 bits per heavy atom. The zero-order chi connectivity index (χ0) is 17.0. The van der Waals surface area contributed by atoms with Gasteiger partial charge in [0.25, 0.3) is 0 Å². The summed E-state index contributed by atoms with van der Waals surface area (Å²) in [6.45, 7) is 3.36. The molecule has 0 saturated heterocycles. The van der Waals surface area contributed by atoms with Crippen LogP contribution in [0.5, 0.6) is 0 Å². The van der Waals surface area contributed by atoms with Crippen molar-refractivity contribution in [1.29, 1.82) is 0 Å². The molecule has 2 amide bonds. The van der Waals surface area contributed by atoms with Gasteiger partial charge >= 0.3 is 6.03 Å². The van der Waals surface area contributed by atoms with Gasteiger partial charge in [0, 0.05) is 5.69 Å². The van der Waals surface area contributed by atoms with Crippen LogP contribution in [0.25, 0.3) is 0 Å². The van der Waals surface area contributed by atoms with E-state index in [1.165, 1.54) is 36.4 Å². The highest BCUT2D eigenvalue weighted by Gasteiger charge is 2.18. The first-order valence-corrected chi connectivity index (χ1v) is 7.14. The van der Waals surface area contributed by atoms with E-state index < -0.39 is 29.8 Å². The fraction of sp³-hybridized carbons (Fsp3) is 0.235. The van der Waals surface area contributed by atoms with E-state index in [1.54, 1.807) is 19.9 Å². The number of nitrogens with one attached hydrogen (secondary N) is 2. The summed E-state index contributed by atoms with van der Waals surface area (Å²) in [5.74, 6) is -0.855. The molecule has 4 nitrogen and oxygen atoms in total. The molecule has 0 aliphatic carbocycles. The van der Waals surface area contributed by atoms with Gasteiger partial charge in [0.15, 0.2) is 0 Å². The van der Waals surface area contributed by atoms with E-state index in [4.69, 9.17) is 0 Å². The third kappa shape index (κ3) is 4.50. The molecule has 0 bridgehead atoms. The van der Waals surface area contributed by atoms with Crippen LogP contribution in [0.15, 0.2) is 42.5 Å². The van der Waals surface area contributed by atoms with Gasteiger partial charge in [0.2, 0.25) is 0 Å². The summed E-state index contributed by atoms with van der Waals surface area (Å²) in [4.78, 5) is 12.0. The maximum atomic E-state index is 13.2. The van der Waals surface area contributed by atoms with Crippen molar-refractivity contribution in [2.45, 2.75) is 26.0 Å². The molecule has 0 spiro atoms. The van der Waals surface area contributed by atoms with Gasteiger partial charge in [-0.1, -0.05) is 18.2 Å². The fourth-order valence-electron chi connectivity index (χ4n) is 2.12. The molecular weight excluding hydrogens is 302 g/mol. The Kier molecular flexibility index (Phi) is 5.28. The summed E-state index contributed by atoms with van der Waals surface area (Å²) in [5.41, 5.74) is 1.56. The molecule has 0 radical (unpaired) electrons. The Labute approximate surface area is 133 Å². The highest BCUT2D eigenvalue weighted by Crippen LogP contribution is 2.18. The monoisotopic (exact) mass is 320 g/mol. The molecule has 122 valence electrons. The molecule has 3 N–H and O–H groups in total. The van der Waals surface area contributed by atoms with Gasteiger partial charge in [-0.15, -0.1) is 0 Å². The fourth-order valence-corrected chi connectivity index (χ4v) is 2.12. The molecular formula is C17H18F2N2O2. The van der Waals surface area contributed by atoms with E-state index in [1.807, 2.05) is 0 Å². The maximum Gasteiger partial charge on any atom is 0.319 e. The number of hydrogen-bond donors (Lipinski definition) is 3. The second-order valence-corrected chi connectivity index (χ2v) is 5.34. The number of halogens is 2. The number of hydrogen-bond acceptors (Lipinski definition) is 2. The van der Waals surface area contributed by atoms with Crippen LogP contribution < -0.4 is 10.6 Å². The summed E-state index contributed by atoms with van der Waals surface area (Å²) < 4.78 is 26.1. The number of benzene rings is 2. The molecule has 2 atom stereocenters. The number of aliphatic hydroxyl groups is 1. The van der Waals surface area contributed by atoms with Crippen LogP contribution in [0.4, 0.5) is 19.3 Å². The first-order valence-electron chi connectivity index (χ1n) is 7.14. The van der Waals surface area contributed by atoms with Crippen molar-refractivity contribution < 1.29 is 18.7 Å². The number of carbonyl (C=O) groups excluding carboxylic acids is 1. The lowest BCUT2D eigenvalue weighted by Gasteiger charge is -2.21. The van der Waals surface area contributed by atoms with Gasteiger partial charge in [0.1, 0.15) is 11.6 Å². The van der Waals surface area contributed by atoms with E-state index in [0.29, 0.717) is 16.8 Å². The number of rotatable bonds is 4. The third-order valence-electron chi connectivity index (χ3n) is 3.49. The number of carbonyl (C=O) groups is 1. The summed E-state index contributed by atoms with van der Waals surface area (Å²) in [6.07, 6.45) is -0.991. The Bertz CT molecular complexity index is 689. The van der Waals surface area contributed by atoms with Crippen LogP contribution in [0.1, 0.15) is 24.2 Å². The highest BCUT2D eigenvalue weighted by atomic mass is 19.1. The molecule has 0 fully saturated rings. The van der Waals surface area contributed by atoms with E-state index in [-0.39, 0.29) is 0 Å². The van der Waals surface area contributed by atoms with Gasteiger partial charge in [-0.2, -0.15) is 0 Å². The van der Waals surface area contributed by atoms with Crippen molar-refractivity contribution in [3.63, 3.8) is 0 Å². The molecule has 6 heteroatoms. The molecule has 0 aliphatic rings. The SMILES string of the molecule is Cc1ccc(F)cc1NC(=O)NC(C)C(O)c1ccc(F)cc1. The maximum absolute atomic E-state index is 13.2. The summed E-state index contributed by atoms with van der Waals surface area (Å²) in [5, 5.41) is 15.3. The third-order valence-corrected chi connectivity index (χ3v) is 3.49. The van der Waals surface area contributed by atoms with Crippen molar-refractivity contribution >= 4 is 11.7 Å². The van der Waals surface area contributed by atoms with Crippen LogP contribution in [0.2, 0.25) is 0 Å². The largest absolute Gasteiger partial charge is 0.386 e. The van der Waals surface area contributed by atoms with E-state index >= 15 is 0 Å². The predicted octanol–water partition coefficient (Wildman–Crippen LogP) is 3.52. The Balaban J connectivity index is 1.99. The molecule has 2 unspecified atom stereocenters. The lowest BCUT2D eigenvalue weighted by atomic mass is 10.0. The first kappa shape index (κ1) is 16.9. The van der Waals surface area contributed by atoms with Gasteiger partial charge < -0.3 is 15.7 Å². The molecule has 0 aromatic heterocycles. The lowest BCUT2D eigenvalue weighted by molar-refractivity contribution is 0.139. The van der Waals surface area contributed by atoms with Crippen LogP contribution in [-0.4, -0.2) is 17.2 Å². The van der Waals surface area contributed by atoms with Gasteiger partial charge in [-0.3, -0.25) is 0 Å². The Morgan fingerprint density at radius 1 is 1.09 bits per heavy atom. The number of amides is 2. The number of aryl methyl sites for hydroxylation is 1. The average Bonchev–Trinajstić information content (AvgIpc) is 2.51. The van der Waals surface area contributed by atoms with Crippen LogP contribution in [0, 0.1) is 18.6 Å². The number of anilines is 1. The van der Waals surface area contributed by atoms with Crippen molar-refractivity contribution in [2.24, 2.45) is 0 Å². The second kappa shape index (κ2) is 7.19. The molecule has 2 aromatic carbocycles. The number of urea groups is 1. The Hall–Kier alpha value is -2.47. The smallest absolute Gasteiger partial charge is 0.319 e. The average molecular weight is 320 g/mol. The minimum Gasteiger partial charge on any atom is -0.386 e. The molecule has 0 heterocycles. The molecule has 0 aliphatic heterocycles.